The Morgan fingerprint density at radius 1 is 1.11 bits per heavy atom. The monoisotopic (exact) mass is 420 g/mol. The van der Waals surface area contributed by atoms with Crippen molar-refractivity contribution in [1.29, 1.82) is 0 Å². The molecule has 2 aromatic carbocycles. The number of benzene rings is 2. The number of carbonyl (C=O) groups is 1. The summed E-state index contributed by atoms with van der Waals surface area (Å²) in [5.41, 5.74) is 1.90. The molecule has 0 aliphatic rings. The fraction of sp³-hybridized carbons (Fsp3) is 0.211. The molecule has 27 heavy (non-hydrogen) atoms. The van der Waals surface area contributed by atoms with Crippen LogP contribution in [0.1, 0.15) is 12.5 Å². The predicted octanol–water partition coefficient (Wildman–Crippen LogP) is 4.68. The summed E-state index contributed by atoms with van der Waals surface area (Å²) in [5.74, 6) is 0.953. The molecule has 8 heteroatoms. The number of halogens is 2. The van der Waals surface area contributed by atoms with Crippen LogP contribution in [-0.4, -0.2) is 26.4 Å². The Bertz CT molecular complexity index is 928. The quantitative estimate of drug-likeness (QED) is 0.563. The smallest absolute Gasteiger partial charge is 0.230 e. The minimum absolute atomic E-state index is 0.0707. The van der Waals surface area contributed by atoms with E-state index in [0.29, 0.717) is 28.3 Å². The van der Waals surface area contributed by atoms with Gasteiger partial charge >= 0.3 is 0 Å². The van der Waals surface area contributed by atoms with Gasteiger partial charge in [0.15, 0.2) is 11.0 Å². The lowest BCUT2D eigenvalue weighted by Crippen LogP contribution is -2.24. The Kier molecular flexibility index (Phi) is 6.77. The Hall–Kier alpha value is -2.02. The van der Waals surface area contributed by atoms with Gasteiger partial charge in [0.1, 0.15) is 0 Å². The van der Waals surface area contributed by atoms with Crippen LogP contribution in [0.2, 0.25) is 10.0 Å². The van der Waals surface area contributed by atoms with Gasteiger partial charge in [0.2, 0.25) is 5.91 Å². The first-order chi connectivity index (χ1) is 13.1. The van der Waals surface area contributed by atoms with E-state index in [0.717, 1.165) is 17.0 Å². The molecular weight excluding hydrogens is 403 g/mol. The number of carbonyl (C=O) groups excluding carboxylic acids is 1. The van der Waals surface area contributed by atoms with E-state index in [2.05, 4.69) is 15.5 Å². The average molecular weight is 421 g/mol. The molecule has 0 radical (unpaired) electrons. The highest BCUT2D eigenvalue weighted by atomic mass is 35.5. The van der Waals surface area contributed by atoms with Crippen molar-refractivity contribution in [3.05, 3.63) is 64.1 Å². The minimum atomic E-state index is -0.0707. The number of nitrogens with one attached hydrogen (secondary N) is 1. The number of hydrogen-bond donors (Lipinski definition) is 1. The van der Waals surface area contributed by atoms with Crippen LogP contribution in [0, 0.1) is 0 Å². The third-order valence-electron chi connectivity index (χ3n) is 3.85. The number of hydrogen-bond acceptors (Lipinski definition) is 4. The molecule has 3 aromatic rings. The second-order valence-electron chi connectivity index (χ2n) is 5.75. The molecule has 0 unspecified atom stereocenters. The summed E-state index contributed by atoms with van der Waals surface area (Å²) >= 11 is 13.3. The fourth-order valence-electron chi connectivity index (χ4n) is 2.52. The lowest BCUT2D eigenvalue weighted by atomic mass is 10.2. The summed E-state index contributed by atoms with van der Waals surface area (Å²) in [7, 11) is 0. The van der Waals surface area contributed by atoms with Gasteiger partial charge in [0.25, 0.3) is 0 Å². The van der Waals surface area contributed by atoms with Gasteiger partial charge in [-0.3, -0.25) is 4.79 Å². The molecule has 3 rings (SSSR count). The van der Waals surface area contributed by atoms with Crippen LogP contribution in [0.25, 0.3) is 11.4 Å². The second-order valence-corrected chi connectivity index (χ2v) is 7.57. The lowest BCUT2D eigenvalue weighted by molar-refractivity contribution is -0.118. The summed E-state index contributed by atoms with van der Waals surface area (Å²) in [4.78, 5) is 12.2. The first-order valence-corrected chi connectivity index (χ1v) is 10.1. The Balaban J connectivity index is 1.60. The average Bonchev–Trinajstić information content (AvgIpc) is 3.08. The standard InChI is InChI=1S/C19H18Cl2N4OS/c1-2-25-18(14-6-8-15(20)9-7-14)23-24-19(25)27-12-17(26)22-11-13-4-3-5-16(21)10-13/h3-10H,2,11-12H2,1H3,(H,22,26). The number of thioether (sulfide) groups is 1. The minimum Gasteiger partial charge on any atom is -0.351 e. The van der Waals surface area contributed by atoms with Crippen molar-refractivity contribution in [2.75, 3.05) is 5.75 Å². The number of nitrogens with zero attached hydrogens (tertiary/aromatic N) is 3. The molecule has 0 fully saturated rings. The zero-order valence-corrected chi connectivity index (χ0v) is 17.0. The molecule has 0 aliphatic carbocycles. The van der Waals surface area contributed by atoms with E-state index in [1.807, 2.05) is 54.0 Å². The van der Waals surface area contributed by atoms with Crippen molar-refractivity contribution >= 4 is 40.9 Å². The Morgan fingerprint density at radius 3 is 2.59 bits per heavy atom. The van der Waals surface area contributed by atoms with Gasteiger partial charge in [-0.15, -0.1) is 10.2 Å². The van der Waals surface area contributed by atoms with Gasteiger partial charge in [0, 0.05) is 28.7 Å². The molecule has 5 nitrogen and oxygen atoms in total. The van der Waals surface area contributed by atoms with Gasteiger partial charge in [-0.2, -0.15) is 0 Å². The largest absolute Gasteiger partial charge is 0.351 e. The number of aromatic nitrogens is 3. The van der Waals surface area contributed by atoms with Crippen LogP contribution in [0.3, 0.4) is 0 Å². The van der Waals surface area contributed by atoms with Crippen molar-refractivity contribution in [1.82, 2.24) is 20.1 Å². The summed E-state index contributed by atoms with van der Waals surface area (Å²) in [6.07, 6.45) is 0. The zero-order chi connectivity index (χ0) is 19.2. The van der Waals surface area contributed by atoms with Gasteiger partial charge in [0.05, 0.1) is 5.75 Å². The van der Waals surface area contributed by atoms with Crippen LogP contribution < -0.4 is 5.32 Å². The van der Waals surface area contributed by atoms with Crippen molar-refractivity contribution in [2.45, 2.75) is 25.2 Å². The van der Waals surface area contributed by atoms with Crippen molar-refractivity contribution in [2.24, 2.45) is 0 Å². The maximum Gasteiger partial charge on any atom is 0.230 e. The number of rotatable bonds is 7. The van der Waals surface area contributed by atoms with Crippen LogP contribution in [0.15, 0.2) is 53.7 Å². The predicted molar refractivity (Wildman–Crippen MR) is 110 cm³/mol. The molecule has 1 N–H and O–H groups in total. The van der Waals surface area contributed by atoms with E-state index in [-0.39, 0.29) is 11.7 Å². The van der Waals surface area contributed by atoms with Gasteiger partial charge in [-0.05, 0) is 48.9 Å². The first kappa shape index (κ1) is 19.7. The second kappa shape index (κ2) is 9.26. The molecule has 1 amide bonds. The molecule has 0 atom stereocenters. The summed E-state index contributed by atoms with van der Waals surface area (Å²) < 4.78 is 1.98. The van der Waals surface area contributed by atoms with Gasteiger partial charge < -0.3 is 9.88 Å². The molecule has 0 bridgehead atoms. The van der Waals surface area contributed by atoms with E-state index in [1.165, 1.54) is 11.8 Å². The number of amides is 1. The summed E-state index contributed by atoms with van der Waals surface area (Å²) in [6.45, 7) is 3.17. The van der Waals surface area contributed by atoms with E-state index >= 15 is 0 Å². The van der Waals surface area contributed by atoms with E-state index < -0.39 is 0 Å². The highest BCUT2D eigenvalue weighted by Gasteiger charge is 2.14. The maximum absolute atomic E-state index is 12.2. The SMILES string of the molecule is CCn1c(SCC(=O)NCc2cccc(Cl)c2)nnc1-c1ccc(Cl)cc1. The van der Waals surface area contributed by atoms with Crippen molar-refractivity contribution < 1.29 is 4.79 Å². The van der Waals surface area contributed by atoms with Gasteiger partial charge in [-0.1, -0.05) is 47.1 Å². The maximum atomic E-state index is 12.2. The molecule has 0 saturated heterocycles. The molecular formula is C19H18Cl2N4OS. The molecule has 0 spiro atoms. The highest BCUT2D eigenvalue weighted by Crippen LogP contribution is 2.25. The van der Waals surface area contributed by atoms with Crippen LogP contribution in [0.4, 0.5) is 0 Å². The Morgan fingerprint density at radius 2 is 1.89 bits per heavy atom. The summed E-state index contributed by atoms with van der Waals surface area (Å²) in [6, 6.07) is 14.9. The summed E-state index contributed by atoms with van der Waals surface area (Å²) in [5, 5.41) is 13.4. The van der Waals surface area contributed by atoms with E-state index in [9.17, 15) is 4.79 Å². The molecule has 0 aliphatic heterocycles. The normalized spacial score (nSPS) is 10.8. The first-order valence-electron chi connectivity index (χ1n) is 8.40. The lowest BCUT2D eigenvalue weighted by Gasteiger charge is -2.08. The Labute approximate surface area is 172 Å². The van der Waals surface area contributed by atoms with Gasteiger partial charge in [-0.25, -0.2) is 0 Å². The van der Waals surface area contributed by atoms with Crippen LogP contribution in [0.5, 0.6) is 0 Å². The molecule has 140 valence electrons. The van der Waals surface area contributed by atoms with E-state index in [4.69, 9.17) is 23.2 Å². The van der Waals surface area contributed by atoms with Crippen LogP contribution >= 0.6 is 35.0 Å². The topological polar surface area (TPSA) is 59.8 Å². The van der Waals surface area contributed by atoms with Crippen LogP contribution in [-0.2, 0) is 17.9 Å². The van der Waals surface area contributed by atoms with Crippen molar-refractivity contribution in [3.63, 3.8) is 0 Å². The molecule has 1 aromatic heterocycles. The van der Waals surface area contributed by atoms with Crippen molar-refractivity contribution in [3.8, 4) is 11.4 Å². The zero-order valence-electron chi connectivity index (χ0n) is 14.7. The fourth-order valence-corrected chi connectivity index (χ4v) is 3.69. The third-order valence-corrected chi connectivity index (χ3v) is 5.30. The van der Waals surface area contributed by atoms with E-state index in [1.54, 1.807) is 6.07 Å². The molecule has 0 saturated carbocycles. The molecule has 1 heterocycles. The highest BCUT2D eigenvalue weighted by molar-refractivity contribution is 7.99. The third kappa shape index (κ3) is 5.25.